The summed E-state index contributed by atoms with van der Waals surface area (Å²) in [5.41, 5.74) is 6.11. The molecular weight excluding hydrogens is 572 g/mol. The van der Waals surface area contributed by atoms with E-state index in [-0.39, 0.29) is 21.9 Å². The summed E-state index contributed by atoms with van der Waals surface area (Å²) in [5, 5.41) is 16.0. The number of hydrogen-bond donors (Lipinski definition) is 1. The number of rotatable bonds is 8. The number of carbonyl (C=O) groups excluding carboxylic acids is 1. The highest BCUT2D eigenvalue weighted by atomic mass is 32.1. The molecule has 1 atom stereocenters. The van der Waals surface area contributed by atoms with E-state index in [4.69, 9.17) is 9.41 Å². The van der Waals surface area contributed by atoms with E-state index >= 15 is 0 Å². The van der Waals surface area contributed by atoms with Crippen molar-refractivity contribution in [2.24, 2.45) is 16.3 Å². The van der Waals surface area contributed by atoms with Crippen molar-refractivity contribution in [1.29, 1.82) is 0 Å². The van der Waals surface area contributed by atoms with Gasteiger partial charge in [0.15, 0.2) is 0 Å². The smallest absolute Gasteiger partial charge is 0.269 e. The van der Waals surface area contributed by atoms with E-state index in [0.29, 0.717) is 30.3 Å². The summed E-state index contributed by atoms with van der Waals surface area (Å²) in [5.74, 6) is 1.12. The number of carbonyl (C=O) groups is 1. The summed E-state index contributed by atoms with van der Waals surface area (Å²) in [7, 11) is 0. The summed E-state index contributed by atoms with van der Waals surface area (Å²) < 4.78 is 7.65. The molecule has 1 aliphatic rings. The maximum absolute atomic E-state index is 13.7. The Labute approximate surface area is 260 Å². The fraction of sp³-hybridized carbons (Fsp3) is 0.314. The molecule has 0 fully saturated rings. The minimum absolute atomic E-state index is 0.0760. The molecule has 0 radical (unpaired) electrons. The van der Waals surface area contributed by atoms with Crippen LogP contribution in [0.15, 0.2) is 76.3 Å². The van der Waals surface area contributed by atoms with Gasteiger partial charge in [-0.3, -0.25) is 14.9 Å². The van der Waals surface area contributed by atoms with Crippen molar-refractivity contribution in [3.63, 3.8) is 0 Å². The molecular formula is C35H36N4O4S. The molecule has 9 heteroatoms. The molecule has 1 N–H and O–H groups in total. The van der Waals surface area contributed by atoms with Crippen LogP contribution in [0.5, 0.6) is 0 Å². The molecule has 1 amide bonds. The SMILES string of the molecule is Cc1c(C=Nc2sc3c(c2C(=O)NCc2ccco2)CC[C@H](C(C)(C)C)C3)c2ccccc2n1Cc1ccc([N+](=O)[O-])cc1. The van der Waals surface area contributed by atoms with Crippen LogP contribution in [0.4, 0.5) is 10.7 Å². The van der Waals surface area contributed by atoms with Crippen LogP contribution in [-0.2, 0) is 25.9 Å². The number of nitrogens with one attached hydrogen (secondary N) is 1. The van der Waals surface area contributed by atoms with Gasteiger partial charge in [-0.1, -0.05) is 51.1 Å². The van der Waals surface area contributed by atoms with Gasteiger partial charge in [0.2, 0.25) is 0 Å². The van der Waals surface area contributed by atoms with Crippen LogP contribution in [0, 0.1) is 28.4 Å². The van der Waals surface area contributed by atoms with Gasteiger partial charge in [-0.25, -0.2) is 4.99 Å². The second-order valence-corrected chi connectivity index (χ2v) is 13.6. The Kier molecular flexibility index (Phi) is 7.98. The molecule has 6 rings (SSSR count). The van der Waals surface area contributed by atoms with Crippen LogP contribution < -0.4 is 5.32 Å². The zero-order valence-electron chi connectivity index (χ0n) is 25.4. The molecule has 3 heterocycles. The second kappa shape index (κ2) is 11.9. The molecule has 0 spiro atoms. The Hall–Kier alpha value is -4.50. The number of fused-ring (bicyclic) bond motifs is 2. The highest BCUT2D eigenvalue weighted by Gasteiger charge is 2.33. The lowest BCUT2D eigenvalue weighted by Gasteiger charge is -2.33. The van der Waals surface area contributed by atoms with E-state index in [1.165, 1.54) is 4.88 Å². The predicted octanol–water partition coefficient (Wildman–Crippen LogP) is 8.39. The molecule has 0 saturated carbocycles. The molecule has 0 aliphatic heterocycles. The third-order valence-corrected chi connectivity index (χ3v) is 9.94. The number of benzene rings is 2. The van der Waals surface area contributed by atoms with E-state index < -0.39 is 0 Å². The number of amides is 1. The monoisotopic (exact) mass is 608 g/mol. The topological polar surface area (TPSA) is 103 Å². The predicted molar refractivity (Wildman–Crippen MR) is 175 cm³/mol. The van der Waals surface area contributed by atoms with E-state index in [9.17, 15) is 14.9 Å². The number of non-ortho nitro benzene ring substituents is 1. The lowest BCUT2D eigenvalue weighted by Crippen LogP contribution is -2.28. The minimum Gasteiger partial charge on any atom is -0.467 e. The van der Waals surface area contributed by atoms with Gasteiger partial charge < -0.3 is 14.3 Å². The Morgan fingerprint density at radius 3 is 2.64 bits per heavy atom. The number of aromatic nitrogens is 1. The summed E-state index contributed by atoms with van der Waals surface area (Å²) >= 11 is 1.63. The number of aliphatic imine (C=N–C) groups is 1. The van der Waals surface area contributed by atoms with Crippen molar-refractivity contribution >= 4 is 45.0 Å². The first-order valence-electron chi connectivity index (χ1n) is 14.9. The first kappa shape index (κ1) is 29.6. The molecule has 8 nitrogen and oxygen atoms in total. The van der Waals surface area contributed by atoms with Crippen molar-refractivity contribution in [3.8, 4) is 0 Å². The molecule has 44 heavy (non-hydrogen) atoms. The van der Waals surface area contributed by atoms with E-state index in [0.717, 1.165) is 57.6 Å². The van der Waals surface area contributed by atoms with Crippen molar-refractivity contribution in [3.05, 3.63) is 116 Å². The summed E-state index contributed by atoms with van der Waals surface area (Å²) in [6, 6.07) is 18.5. The summed E-state index contributed by atoms with van der Waals surface area (Å²) in [4.78, 5) is 30.7. The number of nitrogens with zero attached hydrogens (tertiary/aromatic N) is 3. The third kappa shape index (κ3) is 5.84. The largest absolute Gasteiger partial charge is 0.467 e. The average Bonchev–Trinajstić information content (AvgIpc) is 3.71. The van der Waals surface area contributed by atoms with Crippen LogP contribution in [0.1, 0.15) is 70.6 Å². The van der Waals surface area contributed by atoms with Crippen LogP contribution in [0.2, 0.25) is 0 Å². The maximum Gasteiger partial charge on any atom is 0.269 e. The fourth-order valence-electron chi connectivity index (χ4n) is 6.16. The Morgan fingerprint density at radius 1 is 1.16 bits per heavy atom. The lowest BCUT2D eigenvalue weighted by molar-refractivity contribution is -0.384. The van der Waals surface area contributed by atoms with Crippen LogP contribution in [-0.4, -0.2) is 21.6 Å². The van der Waals surface area contributed by atoms with Gasteiger partial charge in [-0.05, 0) is 66.8 Å². The normalized spacial score (nSPS) is 15.1. The zero-order valence-corrected chi connectivity index (χ0v) is 26.2. The summed E-state index contributed by atoms with van der Waals surface area (Å²) in [6.45, 7) is 9.83. The average molecular weight is 609 g/mol. The van der Waals surface area contributed by atoms with Crippen molar-refractivity contribution in [2.75, 3.05) is 0 Å². The summed E-state index contributed by atoms with van der Waals surface area (Å²) in [6.07, 6.45) is 6.36. The van der Waals surface area contributed by atoms with Gasteiger partial charge in [0.25, 0.3) is 11.6 Å². The van der Waals surface area contributed by atoms with Gasteiger partial charge in [0.1, 0.15) is 10.8 Å². The van der Waals surface area contributed by atoms with Gasteiger partial charge in [0.05, 0.1) is 23.3 Å². The minimum atomic E-state index is -0.383. The van der Waals surface area contributed by atoms with Gasteiger partial charge in [-0.15, -0.1) is 11.3 Å². The Morgan fingerprint density at radius 2 is 1.93 bits per heavy atom. The van der Waals surface area contributed by atoms with Crippen LogP contribution in [0.25, 0.3) is 10.9 Å². The maximum atomic E-state index is 13.7. The van der Waals surface area contributed by atoms with Crippen molar-refractivity contribution in [1.82, 2.24) is 9.88 Å². The fourth-order valence-corrected chi connectivity index (χ4v) is 7.43. The molecule has 2 aromatic carbocycles. The Bertz CT molecular complexity index is 1860. The van der Waals surface area contributed by atoms with Gasteiger partial charge in [-0.2, -0.15) is 0 Å². The number of thiophene rings is 1. The number of nitro benzene ring substituents is 1. The molecule has 1 aliphatic carbocycles. The highest BCUT2D eigenvalue weighted by Crippen LogP contribution is 2.45. The number of para-hydroxylation sites is 1. The van der Waals surface area contributed by atoms with Crippen LogP contribution >= 0.6 is 11.3 Å². The number of nitro groups is 1. The molecule has 0 unspecified atom stereocenters. The molecule has 226 valence electrons. The number of furan rings is 1. The van der Waals surface area contributed by atoms with E-state index in [2.05, 4.69) is 49.7 Å². The van der Waals surface area contributed by atoms with Crippen LogP contribution in [0.3, 0.4) is 0 Å². The van der Waals surface area contributed by atoms with E-state index in [1.807, 2.05) is 30.5 Å². The first-order chi connectivity index (χ1) is 21.1. The second-order valence-electron chi connectivity index (χ2n) is 12.5. The van der Waals surface area contributed by atoms with E-state index in [1.54, 1.807) is 41.9 Å². The highest BCUT2D eigenvalue weighted by molar-refractivity contribution is 7.16. The lowest BCUT2D eigenvalue weighted by atomic mass is 9.72. The standard InChI is InChI=1S/C35H36N4O4S/c1-22-29(27-9-5-6-10-30(27)38(22)21-23-11-14-25(15-12-23)39(41)42)20-37-34-32(33(40)36-19-26-8-7-17-43-26)28-16-13-24(35(2,3)4)18-31(28)44-34/h5-12,14-15,17,20,24H,13,16,18-19,21H2,1-4H3,(H,36,40)/t24-/m0/s1. The number of hydrogen-bond acceptors (Lipinski definition) is 6. The quantitative estimate of drug-likeness (QED) is 0.109. The third-order valence-electron chi connectivity index (χ3n) is 8.78. The van der Waals surface area contributed by atoms with Gasteiger partial charge in [0, 0.05) is 51.9 Å². The van der Waals surface area contributed by atoms with Crippen molar-refractivity contribution < 1.29 is 14.1 Å². The molecule has 5 aromatic rings. The van der Waals surface area contributed by atoms with Crippen molar-refractivity contribution in [2.45, 2.75) is 60.0 Å². The zero-order chi connectivity index (χ0) is 31.0. The molecule has 3 aromatic heterocycles. The first-order valence-corrected chi connectivity index (χ1v) is 15.7. The van der Waals surface area contributed by atoms with Gasteiger partial charge >= 0.3 is 0 Å². The Balaban J connectivity index is 1.36. The molecule has 0 saturated heterocycles. The molecule has 0 bridgehead atoms.